The van der Waals surface area contributed by atoms with Gasteiger partial charge in [0, 0.05) is 0 Å². The van der Waals surface area contributed by atoms with E-state index in [2.05, 4.69) is 10.5 Å². The Hall–Kier alpha value is -2.27. The molecule has 0 aliphatic carbocycles. The van der Waals surface area contributed by atoms with E-state index in [4.69, 9.17) is 0 Å². The summed E-state index contributed by atoms with van der Waals surface area (Å²) in [4.78, 5) is 11.6. The molecule has 22 heavy (non-hydrogen) atoms. The molecule has 0 spiro atoms. The predicted octanol–water partition coefficient (Wildman–Crippen LogP) is 2.32. The van der Waals surface area contributed by atoms with Crippen LogP contribution in [-0.2, 0) is 16.0 Å². The number of ether oxygens (including phenoxy) is 1. The van der Waals surface area contributed by atoms with E-state index in [1.165, 1.54) is 0 Å². The van der Waals surface area contributed by atoms with Crippen LogP contribution in [0.25, 0.3) is 11.1 Å². The van der Waals surface area contributed by atoms with Crippen molar-refractivity contribution in [3.63, 3.8) is 0 Å². The van der Waals surface area contributed by atoms with E-state index in [0.29, 0.717) is 0 Å². The van der Waals surface area contributed by atoms with Gasteiger partial charge in [-0.15, -0.1) is 0 Å². The summed E-state index contributed by atoms with van der Waals surface area (Å²) in [6.07, 6.45) is -0.0255. The molecule has 0 amide bonds. The number of rotatable bonds is 6. The van der Waals surface area contributed by atoms with Crippen LogP contribution in [-0.4, -0.2) is 25.0 Å². The minimum absolute atomic E-state index is 0.0255. The number of carbonyl (C=O) groups excluding carboxylic acids is 1. The smallest absolute Gasteiger partial charge is 0.328 e. The highest BCUT2D eigenvalue weighted by atomic mass is 19.3. The van der Waals surface area contributed by atoms with Gasteiger partial charge in [0.2, 0.25) is 0 Å². The van der Waals surface area contributed by atoms with Crippen molar-refractivity contribution in [3.8, 4) is 11.1 Å². The fourth-order valence-corrected chi connectivity index (χ4v) is 1.92. The summed E-state index contributed by atoms with van der Waals surface area (Å²) in [6.45, 7) is -1.51. The molecule has 2 aromatic rings. The molecule has 2 aromatic carbocycles. The Morgan fingerprint density at radius 2 is 1.59 bits per heavy atom. The summed E-state index contributed by atoms with van der Waals surface area (Å²) >= 11 is 0. The second-order valence-corrected chi connectivity index (χ2v) is 5.01. The molecular weight excluding hydrogens is 288 g/mol. The van der Waals surface area contributed by atoms with E-state index in [9.17, 15) is 13.6 Å². The number of halogens is 2. The second kappa shape index (κ2) is 7.13. The number of benzene rings is 2. The van der Waals surface area contributed by atoms with Gasteiger partial charge in [-0.2, -0.15) is 8.78 Å². The number of quaternary nitrogens is 1. The van der Waals surface area contributed by atoms with E-state index in [0.717, 1.165) is 16.7 Å². The lowest BCUT2D eigenvalue weighted by Gasteiger charge is -2.12. The average molecular weight is 306 g/mol. The van der Waals surface area contributed by atoms with E-state index in [1.807, 2.05) is 42.5 Å². The van der Waals surface area contributed by atoms with Crippen LogP contribution in [0, 0.1) is 0 Å². The first-order valence-corrected chi connectivity index (χ1v) is 6.97. The third kappa shape index (κ3) is 4.63. The fraction of sp³-hybridized carbons (Fsp3) is 0.235. The standard InChI is InChI=1S/C17H17F2NO2/c18-17(19,11-20)12-22-16(21)10-13-6-8-15(9-7-13)14-4-2-1-3-5-14/h1-9H,10-12,20H2/p+1. The molecule has 0 saturated heterocycles. The van der Waals surface area contributed by atoms with Crippen molar-refractivity contribution >= 4 is 5.97 Å². The minimum atomic E-state index is -3.06. The normalized spacial score (nSPS) is 11.2. The van der Waals surface area contributed by atoms with E-state index in [1.54, 1.807) is 12.1 Å². The van der Waals surface area contributed by atoms with Crippen LogP contribution < -0.4 is 5.73 Å². The van der Waals surface area contributed by atoms with Gasteiger partial charge < -0.3 is 10.5 Å². The highest BCUT2D eigenvalue weighted by molar-refractivity contribution is 5.73. The Balaban J connectivity index is 1.93. The molecule has 3 N–H and O–H groups in total. The molecule has 0 aliphatic rings. The van der Waals surface area contributed by atoms with Gasteiger partial charge in [-0.3, -0.25) is 4.79 Å². The molecule has 0 bridgehead atoms. The van der Waals surface area contributed by atoms with Crippen LogP contribution in [0.1, 0.15) is 5.56 Å². The molecule has 3 nitrogen and oxygen atoms in total. The number of esters is 1. The third-order valence-corrected chi connectivity index (χ3v) is 3.22. The van der Waals surface area contributed by atoms with Crippen LogP contribution in [0.3, 0.4) is 0 Å². The fourth-order valence-electron chi connectivity index (χ4n) is 1.92. The minimum Gasteiger partial charge on any atom is -0.459 e. The van der Waals surface area contributed by atoms with Crippen molar-refractivity contribution in [3.05, 3.63) is 60.2 Å². The van der Waals surface area contributed by atoms with E-state index >= 15 is 0 Å². The van der Waals surface area contributed by atoms with Crippen LogP contribution in [0.15, 0.2) is 54.6 Å². The van der Waals surface area contributed by atoms with Crippen LogP contribution in [0.2, 0.25) is 0 Å². The maximum atomic E-state index is 13.0. The molecule has 0 unspecified atom stereocenters. The van der Waals surface area contributed by atoms with Gasteiger partial charge in [0.05, 0.1) is 6.42 Å². The topological polar surface area (TPSA) is 53.9 Å². The first-order valence-electron chi connectivity index (χ1n) is 6.97. The molecule has 0 heterocycles. The monoisotopic (exact) mass is 306 g/mol. The molecule has 116 valence electrons. The Morgan fingerprint density at radius 1 is 1.00 bits per heavy atom. The quantitative estimate of drug-likeness (QED) is 0.833. The maximum absolute atomic E-state index is 13.0. The van der Waals surface area contributed by atoms with Crippen LogP contribution in [0.5, 0.6) is 0 Å². The number of hydrogen-bond donors (Lipinski definition) is 1. The molecular formula is C17H18F2NO2+. The van der Waals surface area contributed by atoms with Crippen molar-refractivity contribution in [1.82, 2.24) is 0 Å². The average Bonchev–Trinajstić information content (AvgIpc) is 2.55. The third-order valence-electron chi connectivity index (χ3n) is 3.22. The Labute approximate surface area is 127 Å². The SMILES string of the molecule is [NH3+]CC(F)(F)COC(=O)Cc1ccc(-c2ccccc2)cc1. The maximum Gasteiger partial charge on any atom is 0.328 e. The van der Waals surface area contributed by atoms with Crippen LogP contribution >= 0.6 is 0 Å². The molecule has 0 radical (unpaired) electrons. The summed E-state index contributed by atoms with van der Waals surface area (Å²) in [5.41, 5.74) is 5.95. The van der Waals surface area contributed by atoms with Gasteiger partial charge in [0.1, 0.15) is 6.54 Å². The molecule has 0 saturated carbocycles. The van der Waals surface area contributed by atoms with Crippen molar-refractivity contribution in [2.24, 2.45) is 0 Å². The Kier molecular flexibility index (Phi) is 5.22. The number of carbonyl (C=O) groups is 1. The summed E-state index contributed by atoms with van der Waals surface area (Å²) in [7, 11) is 0. The molecule has 0 fully saturated rings. The largest absolute Gasteiger partial charge is 0.459 e. The van der Waals surface area contributed by atoms with Gasteiger partial charge in [-0.05, 0) is 16.7 Å². The summed E-state index contributed by atoms with van der Waals surface area (Å²) in [6, 6.07) is 17.2. The summed E-state index contributed by atoms with van der Waals surface area (Å²) in [5, 5.41) is 0. The van der Waals surface area contributed by atoms with Crippen LogP contribution in [0.4, 0.5) is 8.78 Å². The van der Waals surface area contributed by atoms with Crippen molar-refractivity contribution in [2.45, 2.75) is 12.3 Å². The zero-order valence-corrected chi connectivity index (χ0v) is 12.1. The van der Waals surface area contributed by atoms with Crippen molar-refractivity contribution < 1.29 is 24.0 Å². The zero-order chi connectivity index (χ0) is 16.0. The Bertz CT molecular complexity index is 612. The van der Waals surface area contributed by atoms with Gasteiger partial charge in [0.25, 0.3) is 0 Å². The highest BCUT2D eigenvalue weighted by Gasteiger charge is 2.31. The first kappa shape index (κ1) is 16.1. The molecule has 0 aromatic heterocycles. The second-order valence-electron chi connectivity index (χ2n) is 5.01. The molecule has 2 rings (SSSR count). The first-order chi connectivity index (χ1) is 10.5. The van der Waals surface area contributed by atoms with Gasteiger partial charge in [-0.25, -0.2) is 0 Å². The molecule has 5 heteroatoms. The van der Waals surface area contributed by atoms with Gasteiger partial charge >= 0.3 is 11.9 Å². The lowest BCUT2D eigenvalue weighted by atomic mass is 10.0. The molecule has 0 aliphatic heterocycles. The lowest BCUT2D eigenvalue weighted by Crippen LogP contribution is -2.59. The zero-order valence-electron chi connectivity index (χ0n) is 12.1. The summed E-state index contributed by atoms with van der Waals surface area (Å²) in [5.74, 6) is -3.73. The van der Waals surface area contributed by atoms with E-state index < -0.39 is 25.0 Å². The van der Waals surface area contributed by atoms with Gasteiger partial charge in [-0.1, -0.05) is 54.6 Å². The van der Waals surface area contributed by atoms with Crippen molar-refractivity contribution in [2.75, 3.05) is 13.2 Å². The van der Waals surface area contributed by atoms with Gasteiger partial charge in [0.15, 0.2) is 6.61 Å². The van der Waals surface area contributed by atoms with E-state index in [-0.39, 0.29) is 6.42 Å². The molecule has 0 atom stereocenters. The summed E-state index contributed by atoms with van der Waals surface area (Å²) < 4.78 is 30.5. The van der Waals surface area contributed by atoms with Crippen molar-refractivity contribution in [1.29, 1.82) is 0 Å². The number of hydrogen-bond acceptors (Lipinski definition) is 2. The highest BCUT2D eigenvalue weighted by Crippen LogP contribution is 2.19. The lowest BCUT2D eigenvalue weighted by molar-refractivity contribution is -0.409. The predicted molar refractivity (Wildman–Crippen MR) is 79.2 cm³/mol. The Morgan fingerprint density at radius 3 is 2.18 bits per heavy atom. The number of alkyl halides is 2.